The highest BCUT2D eigenvalue weighted by atomic mass is 35.5. The summed E-state index contributed by atoms with van der Waals surface area (Å²) >= 11 is 6.24. The molecule has 3 aromatic rings. The Hall–Kier alpha value is -2.93. The molecular weight excluding hydrogens is 342 g/mol. The summed E-state index contributed by atoms with van der Waals surface area (Å²) < 4.78 is 5.42. The van der Waals surface area contributed by atoms with Crippen LogP contribution in [0.15, 0.2) is 54.6 Å². The number of nitrogens with zero attached hydrogens (tertiary/aromatic N) is 4. The van der Waals surface area contributed by atoms with Crippen LogP contribution in [0.2, 0.25) is 5.02 Å². The zero-order valence-electron chi connectivity index (χ0n) is 13.5. The van der Waals surface area contributed by atoms with Gasteiger partial charge in [-0.1, -0.05) is 60.1 Å². The summed E-state index contributed by atoms with van der Waals surface area (Å²) in [7, 11) is 1.49. The number of amides is 1. The minimum absolute atomic E-state index is 0.191. The van der Waals surface area contributed by atoms with Crippen molar-refractivity contribution in [2.45, 2.75) is 12.6 Å². The second kappa shape index (κ2) is 7.76. The number of hydrogen-bond acceptors (Lipinski definition) is 5. The molecule has 2 aromatic carbocycles. The smallest absolute Gasteiger partial charge is 0.407 e. The Balaban J connectivity index is 1.84. The van der Waals surface area contributed by atoms with Crippen LogP contribution in [0.5, 0.6) is 0 Å². The van der Waals surface area contributed by atoms with E-state index in [1.807, 2.05) is 42.5 Å². The van der Waals surface area contributed by atoms with Gasteiger partial charge in [-0.2, -0.15) is 4.80 Å². The van der Waals surface area contributed by atoms with Crippen molar-refractivity contribution in [3.8, 4) is 11.4 Å². The minimum atomic E-state index is -0.647. The molecule has 1 N–H and O–H groups in total. The summed E-state index contributed by atoms with van der Waals surface area (Å²) in [5, 5.41) is 15.4. The van der Waals surface area contributed by atoms with Gasteiger partial charge in [-0.15, -0.1) is 10.2 Å². The van der Waals surface area contributed by atoms with Crippen molar-refractivity contribution < 1.29 is 9.53 Å². The first kappa shape index (κ1) is 16.9. The fourth-order valence-electron chi connectivity index (χ4n) is 2.30. The monoisotopic (exact) mass is 357 g/mol. The molecule has 0 aliphatic heterocycles. The lowest BCUT2D eigenvalue weighted by atomic mass is 10.1. The maximum atomic E-state index is 11.7. The van der Waals surface area contributed by atoms with E-state index in [0.29, 0.717) is 16.4 Å². The van der Waals surface area contributed by atoms with Crippen molar-refractivity contribution >= 4 is 17.7 Å². The van der Waals surface area contributed by atoms with Gasteiger partial charge < -0.3 is 10.1 Å². The van der Waals surface area contributed by atoms with Gasteiger partial charge in [0.15, 0.2) is 6.10 Å². The number of tetrazole rings is 1. The summed E-state index contributed by atoms with van der Waals surface area (Å²) in [6.07, 6.45) is -1.21. The SMILES string of the molecule is CNC(=O)O[C@@H](Cn1nnc(-c2ccccc2)n1)c1ccccc1Cl. The molecule has 3 rings (SSSR count). The molecule has 0 bridgehead atoms. The van der Waals surface area contributed by atoms with Crippen LogP contribution < -0.4 is 5.32 Å². The van der Waals surface area contributed by atoms with E-state index in [1.165, 1.54) is 11.8 Å². The average molecular weight is 358 g/mol. The topological polar surface area (TPSA) is 81.9 Å². The third-order valence-corrected chi connectivity index (χ3v) is 3.86. The van der Waals surface area contributed by atoms with Crippen LogP contribution in [0.4, 0.5) is 4.79 Å². The van der Waals surface area contributed by atoms with Gasteiger partial charge in [-0.05, 0) is 11.3 Å². The second-order valence-corrected chi connectivity index (χ2v) is 5.61. The van der Waals surface area contributed by atoms with Crippen molar-refractivity contribution in [2.75, 3.05) is 7.05 Å². The molecule has 0 fully saturated rings. The van der Waals surface area contributed by atoms with E-state index >= 15 is 0 Å². The fourth-order valence-corrected chi connectivity index (χ4v) is 2.55. The summed E-state index contributed by atoms with van der Waals surface area (Å²) in [6, 6.07) is 16.7. The molecule has 0 spiro atoms. The Morgan fingerprint density at radius 3 is 2.64 bits per heavy atom. The Kier molecular flexibility index (Phi) is 5.25. The molecule has 1 atom stereocenters. The molecule has 1 amide bonds. The molecule has 1 heterocycles. The van der Waals surface area contributed by atoms with Gasteiger partial charge in [-0.25, -0.2) is 4.79 Å². The lowest BCUT2D eigenvalue weighted by Gasteiger charge is -2.18. The molecule has 0 radical (unpaired) electrons. The lowest BCUT2D eigenvalue weighted by Crippen LogP contribution is -2.25. The Bertz CT molecular complexity index is 853. The molecule has 8 heteroatoms. The predicted molar refractivity (Wildman–Crippen MR) is 93.0 cm³/mol. The summed E-state index contributed by atoms with van der Waals surface area (Å²) in [5.41, 5.74) is 1.53. The number of hydrogen-bond donors (Lipinski definition) is 1. The van der Waals surface area contributed by atoms with Gasteiger partial charge in [0.25, 0.3) is 0 Å². The molecule has 0 aliphatic carbocycles. The predicted octanol–water partition coefficient (Wildman–Crippen LogP) is 3.09. The highest BCUT2D eigenvalue weighted by molar-refractivity contribution is 6.31. The van der Waals surface area contributed by atoms with Crippen LogP contribution in [0.25, 0.3) is 11.4 Å². The first-order chi connectivity index (χ1) is 12.2. The number of nitrogens with one attached hydrogen (secondary N) is 1. The van der Waals surface area contributed by atoms with E-state index in [0.717, 1.165) is 5.56 Å². The molecule has 25 heavy (non-hydrogen) atoms. The zero-order chi connectivity index (χ0) is 17.6. The maximum Gasteiger partial charge on any atom is 0.407 e. The normalized spacial score (nSPS) is 11.8. The van der Waals surface area contributed by atoms with E-state index in [4.69, 9.17) is 16.3 Å². The number of alkyl carbamates (subject to hydrolysis) is 1. The molecular formula is C17H16ClN5O2. The largest absolute Gasteiger partial charge is 0.439 e. The highest BCUT2D eigenvalue weighted by Crippen LogP contribution is 2.27. The number of aromatic nitrogens is 4. The van der Waals surface area contributed by atoms with Crippen molar-refractivity contribution in [1.82, 2.24) is 25.5 Å². The summed E-state index contributed by atoms with van der Waals surface area (Å²) in [6.45, 7) is 0.191. The van der Waals surface area contributed by atoms with Crippen LogP contribution >= 0.6 is 11.6 Å². The quantitative estimate of drug-likeness (QED) is 0.758. The first-order valence-corrected chi connectivity index (χ1v) is 8.01. The first-order valence-electron chi connectivity index (χ1n) is 7.63. The van der Waals surface area contributed by atoms with Gasteiger partial charge >= 0.3 is 6.09 Å². The van der Waals surface area contributed by atoms with E-state index in [1.54, 1.807) is 12.1 Å². The average Bonchev–Trinajstić information content (AvgIpc) is 3.11. The van der Waals surface area contributed by atoms with Gasteiger partial charge in [0.05, 0.1) is 0 Å². The van der Waals surface area contributed by atoms with Crippen molar-refractivity contribution in [3.63, 3.8) is 0 Å². The Morgan fingerprint density at radius 1 is 1.20 bits per heavy atom. The molecule has 0 unspecified atom stereocenters. The van der Waals surface area contributed by atoms with E-state index in [-0.39, 0.29) is 6.54 Å². The number of rotatable bonds is 5. The molecule has 0 saturated heterocycles. The summed E-state index contributed by atoms with van der Waals surface area (Å²) in [4.78, 5) is 13.1. The van der Waals surface area contributed by atoms with Crippen LogP contribution in [0.3, 0.4) is 0 Å². The third-order valence-electron chi connectivity index (χ3n) is 3.52. The third kappa shape index (κ3) is 4.13. The van der Waals surface area contributed by atoms with Crippen molar-refractivity contribution in [1.29, 1.82) is 0 Å². The molecule has 0 saturated carbocycles. The van der Waals surface area contributed by atoms with Gasteiger partial charge in [-0.3, -0.25) is 0 Å². The molecule has 1 aromatic heterocycles. The second-order valence-electron chi connectivity index (χ2n) is 5.20. The summed E-state index contributed by atoms with van der Waals surface area (Å²) in [5.74, 6) is 0.499. The Labute approximate surface area is 149 Å². The van der Waals surface area contributed by atoms with E-state index in [2.05, 4.69) is 20.7 Å². The van der Waals surface area contributed by atoms with E-state index < -0.39 is 12.2 Å². The van der Waals surface area contributed by atoms with Gasteiger partial charge in [0.1, 0.15) is 6.54 Å². The van der Waals surface area contributed by atoms with Crippen molar-refractivity contribution in [3.05, 3.63) is 65.2 Å². The van der Waals surface area contributed by atoms with E-state index in [9.17, 15) is 4.79 Å². The van der Waals surface area contributed by atoms with Crippen molar-refractivity contribution in [2.24, 2.45) is 0 Å². The lowest BCUT2D eigenvalue weighted by molar-refractivity contribution is 0.0837. The molecule has 0 aliphatic rings. The zero-order valence-corrected chi connectivity index (χ0v) is 14.2. The molecule has 7 nitrogen and oxygen atoms in total. The van der Waals surface area contributed by atoms with Crippen LogP contribution in [0.1, 0.15) is 11.7 Å². The molecule has 128 valence electrons. The van der Waals surface area contributed by atoms with Crippen LogP contribution in [0, 0.1) is 0 Å². The fraction of sp³-hybridized carbons (Fsp3) is 0.176. The Morgan fingerprint density at radius 2 is 1.92 bits per heavy atom. The van der Waals surface area contributed by atoms with Crippen LogP contribution in [-0.2, 0) is 11.3 Å². The maximum absolute atomic E-state index is 11.7. The number of ether oxygens (including phenoxy) is 1. The minimum Gasteiger partial charge on any atom is -0.439 e. The van der Waals surface area contributed by atoms with Gasteiger partial charge in [0.2, 0.25) is 5.82 Å². The number of carbonyl (C=O) groups is 1. The van der Waals surface area contributed by atoms with Gasteiger partial charge in [0, 0.05) is 23.2 Å². The number of halogens is 1. The number of carbonyl (C=O) groups excluding carboxylic acids is 1. The number of benzene rings is 2. The van der Waals surface area contributed by atoms with Crippen LogP contribution in [-0.4, -0.2) is 33.3 Å². The standard InChI is InChI=1S/C17H16ClN5O2/c1-19-17(24)25-15(13-9-5-6-10-14(13)18)11-23-21-16(20-22-23)12-7-3-2-4-8-12/h2-10,15H,11H2,1H3,(H,19,24)/t15-/m0/s1. The highest BCUT2D eigenvalue weighted by Gasteiger charge is 2.21.